The summed E-state index contributed by atoms with van der Waals surface area (Å²) in [6.45, 7) is 2.86. The zero-order valence-corrected chi connectivity index (χ0v) is 14.3. The summed E-state index contributed by atoms with van der Waals surface area (Å²) < 4.78 is 18.4. The number of anilines is 1. The van der Waals surface area contributed by atoms with Gasteiger partial charge in [0, 0.05) is 5.69 Å². The molecule has 0 aliphatic rings. The van der Waals surface area contributed by atoms with Crippen LogP contribution < -0.4 is 15.5 Å². The molecule has 0 aromatic heterocycles. The van der Waals surface area contributed by atoms with Gasteiger partial charge in [-0.1, -0.05) is 13.3 Å². The summed E-state index contributed by atoms with van der Waals surface area (Å²) in [5.74, 6) is 0.557. The Morgan fingerprint density at radius 2 is 1.88 bits per heavy atom. The van der Waals surface area contributed by atoms with Gasteiger partial charge >= 0.3 is 0 Å². The minimum atomic E-state index is -0.292. The summed E-state index contributed by atoms with van der Waals surface area (Å²) in [7, 11) is 0. The first kappa shape index (κ1) is 17.9. The van der Waals surface area contributed by atoms with Gasteiger partial charge in [0.1, 0.15) is 11.6 Å². The number of rotatable bonds is 7. The van der Waals surface area contributed by atoms with Crippen molar-refractivity contribution in [1.82, 2.24) is 5.43 Å². The Morgan fingerprint density at radius 3 is 2.54 bits per heavy atom. The van der Waals surface area contributed by atoms with Gasteiger partial charge in [-0.15, -0.1) is 0 Å². The lowest BCUT2D eigenvalue weighted by Crippen LogP contribution is -2.23. The van der Waals surface area contributed by atoms with Crippen LogP contribution in [0.25, 0.3) is 0 Å². The van der Waals surface area contributed by atoms with Crippen molar-refractivity contribution in [3.63, 3.8) is 0 Å². The van der Waals surface area contributed by atoms with Crippen LogP contribution in [0.1, 0.15) is 25.3 Å². The maximum atomic E-state index is 12.8. The van der Waals surface area contributed by atoms with Crippen molar-refractivity contribution in [2.75, 3.05) is 11.9 Å². The highest BCUT2D eigenvalue weighted by Crippen LogP contribution is 2.11. The monoisotopic (exact) mass is 345 g/mol. The van der Waals surface area contributed by atoms with Gasteiger partial charge in [0.25, 0.3) is 0 Å². The lowest BCUT2D eigenvalue weighted by molar-refractivity contribution is 0.309. The van der Waals surface area contributed by atoms with Gasteiger partial charge in [-0.05, 0) is 72.7 Å². The Bertz CT molecular complexity index is 672. The van der Waals surface area contributed by atoms with Crippen LogP contribution in [-0.4, -0.2) is 17.9 Å². The van der Waals surface area contributed by atoms with Gasteiger partial charge in [-0.2, -0.15) is 5.10 Å². The summed E-state index contributed by atoms with van der Waals surface area (Å²) >= 11 is 5.11. The molecule has 0 radical (unpaired) electrons. The van der Waals surface area contributed by atoms with Gasteiger partial charge in [0.15, 0.2) is 5.11 Å². The Kier molecular flexibility index (Phi) is 7.17. The first-order valence-corrected chi connectivity index (χ1v) is 8.16. The topological polar surface area (TPSA) is 45.6 Å². The lowest BCUT2D eigenvalue weighted by Gasteiger charge is -2.07. The number of thiocarbonyl (C=S) groups is 1. The van der Waals surface area contributed by atoms with E-state index in [0.717, 1.165) is 30.8 Å². The number of halogens is 1. The molecule has 24 heavy (non-hydrogen) atoms. The fraction of sp³-hybridized carbons (Fsp3) is 0.222. The highest BCUT2D eigenvalue weighted by molar-refractivity contribution is 7.80. The van der Waals surface area contributed by atoms with Gasteiger partial charge in [-0.25, -0.2) is 4.39 Å². The van der Waals surface area contributed by atoms with Crippen molar-refractivity contribution in [3.05, 3.63) is 59.9 Å². The van der Waals surface area contributed by atoms with Crippen LogP contribution in [0.15, 0.2) is 53.6 Å². The SMILES string of the molecule is CCCCOc1ccc(C=NNC(=S)Nc2ccc(F)cc2)cc1. The molecule has 0 unspecified atom stereocenters. The van der Waals surface area contributed by atoms with E-state index in [1.807, 2.05) is 24.3 Å². The number of hydrogen-bond donors (Lipinski definition) is 2. The van der Waals surface area contributed by atoms with E-state index in [2.05, 4.69) is 22.8 Å². The van der Waals surface area contributed by atoms with Crippen molar-refractivity contribution in [1.29, 1.82) is 0 Å². The highest BCUT2D eigenvalue weighted by atomic mass is 32.1. The molecule has 0 aliphatic carbocycles. The second-order valence-corrected chi connectivity index (χ2v) is 5.51. The molecule has 0 aliphatic heterocycles. The number of nitrogens with zero attached hydrogens (tertiary/aromatic N) is 1. The number of ether oxygens (including phenoxy) is 1. The number of nitrogens with one attached hydrogen (secondary N) is 2. The Balaban J connectivity index is 1.78. The van der Waals surface area contributed by atoms with E-state index in [1.54, 1.807) is 18.3 Å². The predicted octanol–water partition coefficient (Wildman–Crippen LogP) is 4.33. The van der Waals surface area contributed by atoms with Crippen molar-refractivity contribution in [2.45, 2.75) is 19.8 Å². The Morgan fingerprint density at radius 1 is 1.17 bits per heavy atom. The van der Waals surface area contributed by atoms with E-state index in [0.29, 0.717) is 10.8 Å². The third kappa shape index (κ3) is 6.34. The number of benzene rings is 2. The second kappa shape index (κ2) is 9.62. The summed E-state index contributed by atoms with van der Waals surface area (Å²) in [4.78, 5) is 0. The normalized spacial score (nSPS) is 10.6. The molecule has 0 saturated heterocycles. The molecule has 6 heteroatoms. The number of hydrogen-bond acceptors (Lipinski definition) is 3. The maximum absolute atomic E-state index is 12.8. The zero-order chi connectivity index (χ0) is 17.2. The van der Waals surface area contributed by atoms with Crippen molar-refractivity contribution in [3.8, 4) is 5.75 Å². The molecule has 2 aromatic rings. The van der Waals surface area contributed by atoms with Crippen LogP contribution in [0.2, 0.25) is 0 Å². The Labute approximate surface area is 146 Å². The Hall–Kier alpha value is -2.47. The van der Waals surface area contributed by atoms with E-state index in [9.17, 15) is 4.39 Å². The summed E-state index contributed by atoms with van der Waals surface area (Å²) in [5, 5.41) is 7.31. The summed E-state index contributed by atoms with van der Waals surface area (Å²) in [5.41, 5.74) is 4.33. The van der Waals surface area contributed by atoms with Crippen LogP contribution >= 0.6 is 12.2 Å². The average Bonchev–Trinajstić information content (AvgIpc) is 2.59. The van der Waals surface area contributed by atoms with Crippen LogP contribution in [0, 0.1) is 5.82 Å². The van der Waals surface area contributed by atoms with Crippen molar-refractivity contribution >= 4 is 29.2 Å². The van der Waals surface area contributed by atoms with Gasteiger partial charge in [-0.3, -0.25) is 5.43 Å². The zero-order valence-electron chi connectivity index (χ0n) is 13.5. The average molecular weight is 345 g/mol. The molecular formula is C18H20FN3OS. The quantitative estimate of drug-likeness (QED) is 0.339. The number of unbranched alkanes of at least 4 members (excludes halogenated alkanes) is 1. The first-order chi connectivity index (χ1) is 11.7. The van der Waals surface area contributed by atoms with E-state index >= 15 is 0 Å². The van der Waals surface area contributed by atoms with Crippen molar-refractivity contribution < 1.29 is 9.13 Å². The van der Waals surface area contributed by atoms with Gasteiger partial charge in [0.2, 0.25) is 0 Å². The van der Waals surface area contributed by atoms with Gasteiger partial charge in [0.05, 0.1) is 12.8 Å². The fourth-order valence-electron chi connectivity index (χ4n) is 1.84. The molecule has 2 aromatic carbocycles. The molecule has 4 nitrogen and oxygen atoms in total. The molecule has 126 valence electrons. The van der Waals surface area contributed by atoms with E-state index in [-0.39, 0.29) is 5.82 Å². The maximum Gasteiger partial charge on any atom is 0.191 e. The molecule has 0 amide bonds. The third-order valence-electron chi connectivity index (χ3n) is 3.13. The minimum Gasteiger partial charge on any atom is -0.494 e. The summed E-state index contributed by atoms with van der Waals surface area (Å²) in [6.07, 6.45) is 3.82. The molecule has 0 atom stereocenters. The molecule has 2 N–H and O–H groups in total. The number of hydrazone groups is 1. The lowest BCUT2D eigenvalue weighted by atomic mass is 10.2. The molecule has 0 spiro atoms. The third-order valence-corrected chi connectivity index (χ3v) is 3.32. The minimum absolute atomic E-state index is 0.292. The molecule has 0 fully saturated rings. The molecule has 0 saturated carbocycles. The van der Waals surface area contributed by atoms with E-state index in [4.69, 9.17) is 17.0 Å². The molecule has 2 rings (SSSR count). The van der Waals surface area contributed by atoms with Crippen LogP contribution in [0.4, 0.5) is 10.1 Å². The highest BCUT2D eigenvalue weighted by Gasteiger charge is 1.97. The van der Waals surface area contributed by atoms with Crippen LogP contribution in [0.5, 0.6) is 5.75 Å². The smallest absolute Gasteiger partial charge is 0.191 e. The molecule has 0 bridgehead atoms. The van der Waals surface area contributed by atoms with Crippen LogP contribution in [0.3, 0.4) is 0 Å². The fourth-order valence-corrected chi connectivity index (χ4v) is 2.01. The summed E-state index contributed by atoms with van der Waals surface area (Å²) in [6, 6.07) is 13.6. The standard InChI is InChI=1S/C18H20FN3OS/c1-2-3-12-23-17-10-4-14(5-11-17)13-20-22-18(24)21-16-8-6-15(19)7-9-16/h4-11,13H,2-3,12H2,1H3,(H2,21,22,24). The second-order valence-electron chi connectivity index (χ2n) is 5.10. The molecular weight excluding hydrogens is 325 g/mol. The van der Waals surface area contributed by atoms with Gasteiger partial charge < -0.3 is 10.1 Å². The van der Waals surface area contributed by atoms with Crippen LogP contribution in [-0.2, 0) is 0 Å². The first-order valence-electron chi connectivity index (χ1n) is 7.76. The largest absolute Gasteiger partial charge is 0.494 e. The van der Waals surface area contributed by atoms with E-state index < -0.39 is 0 Å². The van der Waals surface area contributed by atoms with E-state index in [1.165, 1.54) is 12.1 Å². The molecule has 0 heterocycles. The van der Waals surface area contributed by atoms with Crippen molar-refractivity contribution in [2.24, 2.45) is 5.10 Å². The predicted molar refractivity (Wildman–Crippen MR) is 100 cm³/mol.